The third-order valence-electron chi connectivity index (χ3n) is 5.27. The lowest BCUT2D eigenvalue weighted by atomic mass is 10.1. The van der Waals surface area contributed by atoms with Crippen molar-refractivity contribution in [1.29, 1.82) is 0 Å². The van der Waals surface area contributed by atoms with Crippen molar-refractivity contribution in [1.82, 2.24) is 20.0 Å². The van der Waals surface area contributed by atoms with Crippen molar-refractivity contribution >= 4 is 34.1 Å². The van der Waals surface area contributed by atoms with Crippen LogP contribution in [0.4, 0.5) is 10.5 Å². The summed E-state index contributed by atoms with van der Waals surface area (Å²) >= 11 is 5.96. The molecule has 1 fully saturated rings. The van der Waals surface area contributed by atoms with Crippen LogP contribution < -0.4 is 16.2 Å². The topological polar surface area (TPSA) is 79.3 Å². The average molecular weight is 426 g/mol. The van der Waals surface area contributed by atoms with Crippen LogP contribution >= 0.6 is 11.6 Å². The smallest absolute Gasteiger partial charge is 0.319 e. The number of aromatic nitrogens is 2. The summed E-state index contributed by atoms with van der Waals surface area (Å²) in [5.41, 5.74) is 1.16. The Kier molecular flexibility index (Phi) is 6.30. The van der Waals surface area contributed by atoms with E-state index in [1.807, 2.05) is 18.2 Å². The predicted octanol–water partition coefficient (Wildman–Crippen LogP) is 3.47. The van der Waals surface area contributed by atoms with Gasteiger partial charge < -0.3 is 15.5 Å². The maximum Gasteiger partial charge on any atom is 0.319 e. The van der Waals surface area contributed by atoms with Crippen molar-refractivity contribution < 1.29 is 4.79 Å². The number of carbonyl (C=O) groups is 1. The minimum absolute atomic E-state index is 0.100. The number of anilines is 1. The Morgan fingerprint density at radius 2 is 1.80 bits per heavy atom. The number of urea groups is 1. The van der Waals surface area contributed by atoms with Crippen molar-refractivity contribution in [3.05, 3.63) is 69.6 Å². The molecule has 1 saturated heterocycles. The van der Waals surface area contributed by atoms with Gasteiger partial charge in [0.15, 0.2) is 0 Å². The molecule has 7 nitrogen and oxygen atoms in total. The summed E-state index contributed by atoms with van der Waals surface area (Å²) in [6.07, 6.45) is 2.41. The fourth-order valence-corrected chi connectivity index (χ4v) is 3.93. The quantitative estimate of drug-likeness (QED) is 0.633. The van der Waals surface area contributed by atoms with Crippen molar-refractivity contribution in [3.63, 3.8) is 0 Å². The molecule has 0 radical (unpaired) electrons. The number of fused-ring (bicyclic) bond motifs is 1. The molecular weight excluding hydrogens is 402 g/mol. The summed E-state index contributed by atoms with van der Waals surface area (Å²) in [6, 6.07) is 14.0. The molecule has 0 unspecified atom stereocenters. The largest absolute Gasteiger partial charge is 0.332 e. The van der Waals surface area contributed by atoms with Crippen LogP contribution in [0, 0.1) is 0 Å². The molecule has 0 saturated carbocycles. The summed E-state index contributed by atoms with van der Waals surface area (Å²) in [7, 11) is 0. The first-order chi connectivity index (χ1) is 14.6. The zero-order valence-electron chi connectivity index (χ0n) is 16.6. The van der Waals surface area contributed by atoms with Gasteiger partial charge in [-0.2, -0.15) is 5.10 Å². The zero-order valence-corrected chi connectivity index (χ0v) is 17.4. The minimum Gasteiger partial charge on any atom is -0.332 e. The van der Waals surface area contributed by atoms with E-state index in [9.17, 15) is 9.59 Å². The Morgan fingerprint density at radius 1 is 1.03 bits per heavy atom. The van der Waals surface area contributed by atoms with Gasteiger partial charge in [0, 0.05) is 22.6 Å². The SMILES string of the molecule is O=C(NCc1nn(CCN2CCCC2)c(=O)c2ccccc12)Nc1cccc(Cl)c1. The molecule has 1 aliphatic heterocycles. The number of hydrogen-bond acceptors (Lipinski definition) is 4. The number of nitrogens with zero attached hydrogens (tertiary/aromatic N) is 3. The lowest BCUT2D eigenvalue weighted by molar-refractivity contribution is 0.251. The van der Waals surface area contributed by atoms with E-state index in [2.05, 4.69) is 20.6 Å². The van der Waals surface area contributed by atoms with Crippen LogP contribution in [0.15, 0.2) is 53.3 Å². The number of carbonyl (C=O) groups excluding carboxylic acids is 1. The molecule has 0 atom stereocenters. The van der Waals surface area contributed by atoms with Gasteiger partial charge in [0.1, 0.15) is 0 Å². The third kappa shape index (κ3) is 4.80. The van der Waals surface area contributed by atoms with E-state index in [-0.39, 0.29) is 18.1 Å². The van der Waals surface area contributed by atoms with Crippen LogP contribution in [0.3, 0.4) is 0 Å². The summed E-state index contributed by atoms with van der Waals surface area (Å²) in [5.74, 6) is 0. The molecule has 1 aliphatic rings. The highest BCUT2D eigenvalue weighted by atomic mass is 35.5. The molecule has 4 rings (SSSR count). The average Bonchev–Trinajstić information content (AvgIpc) is 3.26. The van der Waals surface area contributed by atoms with E-state index in [0.717, 1.165) is 25.0 Å². The highest BCUT2D eigenvalue weighted by Gasteiger charge is 2.14. The standard InChI is InChI=1S/C22H24ClN5O2/c23-16-6-5-7-17(14-16)25-22(30)24-15-20-18-8-1-2-9-19(18)21(29)28(26-20)13-12-27-10-3-4-11-27/h1-2,5-9,14H,3-4,10-13,15H2,(H2,24,25,30). The fourth-order valence-electron chi connectivity index (χ4n) is 3.74. The predicted molar refractivity (Wildman–Crippen MR) is 119 cm³/mol. The van der Waals surface area contributed by atoms with Gasteiger partial charge in [-0.05, 0) is 50.2 Å². The molecule has 30 heavy (non-hydrogen) atoms. The van der Waals surface area contributed by atoms with E-state index in [1.165, 1.54) is 17.5 Å². The molecule has 2 amide bonds. The van der Waals surface area contributed by atoms with Crippen LogP contribution in [-0.4, -0.2) is 40.3 Å². The molecule has 156 valence electrons. The first-order valence-electron chi connectivity index (χ1n) is 10.1. The number of nitrogens with one attached hydrogen (secondary N) is 2. The van der Waals surface area contributed by atoms with Crippen LogP contribution in [-0.2, 0) is 13.1 Å². The summed E-state index contributed by atoms with van der Waals surface area (Å²) in [4.78, 5) is 27.5. The minimum atomic E-state index is -0.363. The highest BCUT2D eigenvalue weighted by molar-refractivity contribution is 6.30. The van der Waals surface area contributed by atoms with Gasteiger partial charge in [0.2, 0.25) is 0 Å². The Hall–Kier alpha value is -2.90. The molecule has 0 spiro atoms. The van der Waals surface area contributed by atoms with Gasteiger partial charge in [-0.25, -0.2) is 9.48 Å². The summed E-state index contributed by atoms with van der Waals surface area (Å²) < 4.78 is 1.52. The lowest BCUT2D eigenvalue weighted by Gasteiger charge is -2.16. The number of amides is 2. The van der Waals surface area contributed by atoms with Crippen molar-refractivity contribution in [2.45, 2.75) is 25.9 Å². The number of hydrogen-bond donors (Lipinski definition) is 2. The molecule has 2 aromatic carbocycles. The Bertz CT molecular complexity index is 1110. The second-order valence-electron chi connectivity index (χ2n) is 7.39. The monoisotopic (exact) mass is 425 g/mol. The molecule has 1 aromatic heterocycles. The van der Waals surface area contributed by atoms with Crippen molar-refractivity contribution in [3.8, 4) is 0 Å². The number of halogens is 1. The van der Waals surface area contributed by atoms with Gasteiger partial charge in [-0.3, -0.25) is 4.79 Å². The van der Waals surface area contributed by atoms with Gasteiger partial charge in [-0.15, -0.1) is 0 Å². The fraction of sp³-hybridized carbons (Fsp3) is 0.318. The van der Waals surface area contributed by atoms with Crippen LogP contribution in [0.2, 0.25) is 5.02 Å². The van der Waals surface area contributed by atoms with Crippen molar-refractivity contribution in [2.75, 3.05) is 25.0 Å². The molecule has 2 heterocycles. The number of rotatable bonds is 6. The van der Waals surface area contributed by atoms with Gasteiger partial charge in [0.25, 0.3) is 5.56 Å². The van der Waals surface area contributed by atoms with Gasteiger partial charge in [-0.1, -0.05) is 35.9 Å². The molecule has 0 bridgehead atoms. The first kappa shape index (κ1) is 20.4. The number of likely N-dealkylation sites (tertiary alicyclic amines) is 1. The number of benzene rings is 2. The maximum absolute atomic E-state index is 12.9. The maximum atomic E-state index is 12.9. The summed E-state index contributed by atoms with van der Waals surface area (Å²) in [6.45, 7) is 3.68. The van der Waals surface area contributed by atoms with E-state index < -0.39 is 0 Å². The van der Waals surface area contributed by atoms with Gasteiger partial charge >= 0.3 is 6.03 Å². The highest BCUT2D eigenvalue weighted by Crippen LogP contribution is 2.16. The third-order valence-corrected chi connectivity index (χ3v) is 5.50. The Balaban J connectivity index is 1.51. The second kappa shape index (κ2) is 9.28. The van der Waals surface area contributed by atoms with Crippen LogP contribution in [0.25, 0.3) is 10.8 Å². The molecule has 2 N–H and O–H groups in total. The van der Waals surface area contributed by atoms with E-state index >= 15 is 0 Å². The van der Waals surface area contributed by atoms with Crippen LogP contribution in [0.5, 0.6) is 0 Å². The zero-order chi connectivity index (χ0) is 20.9. The Morgan fingerprint density at radius 3 is 2.57 bits per heavy atom. The molecule has 0 aliphatic carbocycles. The first-order valence-corrected chi connectivity index (χ1v) is 10.5. The molecule has 3 aromatic rings. The van der Waals surface area contributed by atoms with E-state index in [1.54, 1.807) is 30.3 Å². The van der Waals surface area contributed by atoms with E-state index in [0.29, 0.717) is 28.3 Å². The normalized spacial score (nSPS) is 14.2. The Labute approximate surface area is 179 Å². The van der Waals surface area contributed by atoms with E-state index in [4.69, 9.17) is 11.6 Å². The summed E-state index contributed by atoms with van der Waals surface area (Å²) in [5, 5.41) is 12.1. The van der Waals surface area contributed by atoms with Gasteiger partial charge in [0.05, 0.1) is 24.2 Å². The lowest BCUT2D eigenvalue weighted by Crippen LogP contribution is -2.33. The van der Waals surface area contributed by atoms with Crippen molar-refractivity contribution in [2.24, 2.45) is 0 Å². The van der Waals surface area contributed by atoms with Crippen LogP contribution in [0.1, 0.15) is 18.5 Å². The molecular formula is C22H24ClN5O2. The molecule has 8 heteroatoms. The second-order valence-corrected chi connectivity index (χ2v) is 7.82.